The van der Waals surface area contributed by atoms with Crippen molar-refractivity contribution < 1.29 is 9.59 Å². The van der Waals surface area contributed by atoms with Gasteiger partial charge >= 0.3 is 0 Å². The van der Waals surface area contributed by atoms with E-state index in [0.29, 0.717) is 60.6 Å². The van der Waals surface area contributed by atoms with Crippen LogP contribution in [0.25, 0.3) is 49.5 Å². The van der Waals surface area contributed by atoms with Crippen LogP contribution in [-0.2, 0) is 0 Å². The molecule has 8 rings (SSSR count). The van der Waals surface area contributed by atoms with Gasteiger partial charge in [-0.2, -0.15) is 0 Å². The topological polar surface area (TPSA) is 110 Å². The molecule has 9 nitrogen and oxygen atoms in total. The van der Waals surface area contributed by atoms with Gasteiger partial charge in [0.25, 0.3) is 17.4 Å². The van der Waals surface area contributed by atoms with Crippen LogP contribution in [0, 0.1) is 0 Å². The van der Waals surface area contributed by atoms with Crippen molar-refractivity contribution in [2.75, 3.05) is 4.90 Å². The molecule has 0 saturated carbocycles. The summed E-state index contributed by atoms with van der Waals surface area (Å²) in [6, 6.07) is 19.1. The summed E-state index contributed by atoms with van der Waals surface area (Å²) in [5.74, 6) is -0.736. The van der Waals surface area contributed by atoms with Gasteiger partial charge in [-0.05, 0) is 48.5 Å². The van der Waals surface area contributed by atoms with E-state index in [0.717, 1.165) is 4.90 Å². The Bertz CT molecular complexity index is 2150. The molecule has 0 saturated heterocycles. The molecule has 1 aliphatic rings. The molecule has 1 aliphatic heterocycles. The molecule has 0 spiro atoms. The second-order valence-electron chi connectivity index (χ2n) is 8.64. The molecule has 0 unspecified atom stereocenters. The summed E-state index contributed by atoms with van der Waals surface area (Å²) in [7, 11) is 0. The van der Waals surface area contributed by atoms with E-state index in [1.165, 1.54) is 10.6 Å². The van der Waals surface area contributed by atoms with E-state index in [2.05, 4.69) is 19.9 Å². The van der Waals surface area contributed by atoms with E-state index in [-0.39, 0.29) is 11.4 Å². The number of imide groups is 1. The largest absolute Gasteiger partial charge is 0.268 e. The second-order valence-corrected chi connectivity index (χ2v) is 8.64. The van der Waals surface area contributed by atoms with Crippen LogP contribution >= 0.6 is 0 Å². The average Bonchev–Trinajstić information content (AvgIpc) is 3.28. The number of carbonyl (C=O) groups excluding carboxylic acids is 2. The van der Waals surface area contributed by atoms with Crippen molar-refractivity contribution in [3.8, 4) is 0 Å². The maximum atomic E-state index is 13.7. The summed E-state index contributed by atoms with van der Waals surface area (Å²) < 4.78 is 1.46. The fraction of sp³-hybridized carbons (Fsp3) is 0. The van der Waals surface area contributed by atoms with Gasteiger partial charge in [0.1, 0.15) is 5.82 Å². The lowest BCUT2D eigenvalue weighted by atomic mass is 9.90. The maximum Gasteiger partial charge on any atom is 0.267 e. The van der Waals surface area contributed by atoms with Crippen molar-refractivity contribution in [3.05, 3.63) is 94.4 Å². The van der Waals surface area contributed by atoms with Gasteiger partial charge in [-0.3, -0.25) is 14.4 Å². The van der Waals surface area contributed by atoms with Gasteiger partial charge < -0.3 is 0 Å². The van der Waals surface area contributed by atoms with Crippen LogP contribution in [0.2, 0.25) is 0 Å². The zero-order chi connectivity index (χ0) is 24.1. The Morgan fingerprint density at radius 1 is 0.611 bits per heavy atom. The molecule has 4 aromatic heterocycles. The number of amides is 2. The zero-order valence-corrected chi connectivity index (χ0v) is 18.3. The number of pyridine rings is 2. The van der Waals surface area contributed by atoms with Gasteiger partial charge in [-0.15, -0.1) is 0 Å². The number of aromatic nitrogens is 5. The summed E-state index contributed by atoms with van der Waals surface area (Å²) in [4.78, 5) is 59.9. The molecular weight excluding hydrogens is 456 g/mol. The minimum absolute atomic E-state index is 0.244. The van der Waals surface area contributed by atoms with Crippen LogP contribution in [0.3, 0.4) is 0 Å². The monoisotopic (exact) mass is 468 g/mol. The second kappa shape index (κ2) is 6.42. The first-order chi connectivity index (χ1) is 17.6. The fourth-order valence-electron chi connectivity index (χ4n) is 5.19. The fourth-order valence-corrected chi connectivity index (χ4v) is 5.19. The lowest BCUT2D eigenvalue weighted by molar-refractivity contribution is 0.0892. The first-order valence-electron chi connectivity index (χ1n) is 11.2. The number of benzene rings is 3. The minimum atomic E-state index is -0.490. The van der Waals surface area contributed by atoms with E-state index in [1.54, 1.807) is 42.5 Å². The van der Waals surface area contributed by atoms with E-state index in [1.807, 2.05) is 24.3 Å². The van der Waals surface area contributed by atoms with Crippen molar-refractivity contribution in [3.63, 3.8) is 0 Å². The van der Waals surface area contributed by atoms with Crippen molar-refractivity contribution in [1.29, 1.82) is 0 Å². The van der Waals surface area contributed by atoms with Gasteiger partial charge in [0.2, 0.25) is 0 Å². The van der Waals surface area contributed by atoms with Gasteiger partial charge in [0.15, 0.2) is 16.9 Å². The average molecular weight is 468 g/mol. The van der Waals surface area contributed by atoms with Gasteiger partial charge in [-0.25, -0.2) is 29.2 Å². The highest BCUT2D eigenvalue weighted by Gasteiger charge is 2.36. The molecule has 7 aromatic rings. The predicted octanol–water partition coefficient (Wildman–Crippen LogP) is 3.73. The Hall–Kier alpha value is -5.31. The summed E-state index contributed by atoms with van der Waals surface area (Å²) in [6.07, 6.45) is 1.53. The van der Waals surface area contributed by atoms with Gasteiger partial charge in [0.05, 0.1) is 11.0 Å². The molecular formula is C27H12N6O3. The zero-order valence-electron chi connectivity index (χ0n) is 18.3. The number of imidazole rings is 1. The molecule has 9 heteroatoms. The van der Waals surface area contributed by atoms with Crippen LogP contribution in [0.1, 0.15) is 20.7 Å². The molecule has 0 atom stereocenters. The molecule has 2 amide bonds. The van der Waals surface area contributed by atoms with Crippen molar-refractivity contribution in [2.24, 2.45) is 0 Å². The summed E-state index contributed by atoms with van der Waals surface area (Å²) in [5.41, 5.74) is 2.75. The number of fused-ring (bicyclic) bond motifs is 5. The number of para-hydroxylation sites is 2. The Morgan fingerprint density at radius 3 is 2.03 bits per heavy atom. The lowest BCUT2D eigenvalue weighted by Gasteiger charge is -2.27. The van der Waals surface area contributed by atoms with Crippen molar-refractivity contribution >= 4 is 67.2 Å². The highest BCUT2D eigenvalue weighted by atomic mass is 16.2. The quantitative estimate of drug-likeness (QED) is 0.338. The Morgan fingerprint density at radius 2 is 1.31 bits per heavy atom. The van der Waals surface area contributed by atoms with Gasteiger partial charge in [0, 0.05) is 38.9 Å². The van der Waals surface area contributed by atoms with Crippen LogP contribution in [0.15, 0.2) is 77.7 Å². The third-order valence-corrected chi connectivity index (χ3v) is 6.75. The van der Waals surface area contributed by atoms with Crippen LogP contribution in [-0.4, -0.2) is 36.2 Å². The summed E-state index contributed by atoms with van der Waals surface area (Å²) in [5, 5.41) is 2.00. The number of carbonyl (C=O) groups is 2. The number of hydrogen-bond donors (Lipinski definition) is 0. The Labute approximate surface area is 200 Å². The molecule has 3 aromatic carbocycles. The van der Waals surface area contributed by atoms with E-state index >= 15 is 0 Å². The number of hydrogen-bond acceptors (Lipinski definition) is 7. The summed E-state index contributed by atoms with van der Waals surface area (Å²) >= 11 is 0. The number of anilines is 1. The normalized spacial score (nSPS) is 13.7. The molecule has 0 N–H and O–H groups in total. The highest BCUT2D eigenvalue weighted by molar-refractivity contribution is 6.38. The summed E-state index contributed by atoms with van der Waals surface area (Å²) in [6.45, 7) is 0. The third-order valence-electron chi connectivity index (χ3n) is 6.75. The SMILES string of the molecule is O=C1c2ccc3c(=O)n4c5nc6ccccc6nc5nc4c4ccc(c2c34)C(=O)N1c1ccccn1. The van der Waals surface area contributed by atoms with Crippen LogP contribution in [0.5, 0.6) is 0 Å². The van der Waals surface area contributed by atoms with E-state index in [4.69, 9.17) is 0 Å². The van der Waals surface area contributed by atoms with Crippen LogP contribution < -0.4 is 10.5 Å². The lowest BCUT2D eigenvalue weighted by Crippen LogP contribution is -2.41. The standard InChI is InChI=1S/C27H12N6O3/c34-25-15-9-8-13-20-14(10-11-16(21(15)20)26(35)32(25)19-7-3-4-12-28-19)27(36)33-23(13)31-22-24(33)30-18-6-2-1-5-17(18)29-22/h1-12H. The van der Waals surface area contributed by atoms with Gasteiger partial charge in [-0.1, -0.05) is 18.2 Å². The molecule has 0 aliphatic carbocycles. The third kappa shape index (κ3) is 2.21. The molecule has 36 heavy (non-hydrogen) atoms. The highest BCUT2D eigenvalue weighted by Crippen LogP contribution is 2.38. The molecule has 0 radical (unpaired) electrons. The van der Waals surface area contributed by atoms with E-state index < -0.39 is 11.8 Å². The number of nitrogens with zero attached hydrogens (tertiary/aromatic N) is 6. The molecule has 168 valence electrons. The predicted molar refractivity (Wildman–Crippen MR) is 134 cm³/mol. The van der Waals surface area contributed by atoms with Crippen molar-refractivity contribution in [2.45, 2.75) is 0 Å². The number of rotatable bonds is 1. The Balaban J connectivity index is 1.51. The first kappa shape index (κ1) is 19.0. The maximum absolute atomic E-state index is 13.7. The van der Waals surface area contributed by atoms with E-state index in [9.17, 15) is 14.4 Å². The molecule has 5 heterocycles. The minimum Gasteiger partial charge on any atom is -0.268 e. The molecule has 0 fully saturated rings. The van der Waals surface area contributed by atoms with Crippen molar-refractivity contribution in [1.82, 2.24) is 24.3 Å². The first-order valence-corrected chi connectivity index (χ1v) is 11.2. The van der Waals surface area contributed by atoms with Crippen LogP contribution in [0.4, 0.5) is 5.82 Å². The smallest absolute Gasteiger partial charge is 0.267 e. The Kier molecular flexibility index (Phi) is 3.40. The molecule has 0 bridgehead atoms.